The molecule has 1 aliphatic rings. The lowest BCUT2D eigenvalue weighted by molar-refractivity contribution is -0.124. The van der Waals surface area contributed by atoms with E-state index in [1.54, 1.807) is 18.2 Å². The van der Waals surface area contributed by atoms with Crippen LogP contribution < -0.4 is 10.1 Å². The van der Waals surface area contributed by atoms with Crippen molar-refractivity contribution in [3.05, 3.63) is 28.8 Å². The summed E-state index contributed by atoms with van der Waals surface area (Å²) in [5.74, 6) is 0.246. The molecule has 0 spiro atoms. The minimum Gasteiger partial charge on any atom is -0.482 e. The smallest absolute Gasteiger partial charge is 0.258 e. The van der Waals surface area contributed by atoms with E-state index < -0.39 is 0 Å². The quantitative estimate of drug-likeness (QED) is 0.878. The topological polar surface area (TPSA) is 58.6 Å². The molecule has 0 unspecified atom stereocenters. The first-order valence-electron chi connectivity index (χ1n) is 7.01. The highest BCUT2D eigenvalue weighted by Gasteiger charge is 2.16. The van der Waals surface area contributed by atoms with E-state index in [-0.39, 0.29) is 25.2 Å². The molecule has 1 aromatic rings. The summed E-state index contributed by atoms with van der Waals surface area (Å²) in [6.07, 6.45) is 5.68. The Bertz CT molecular complexity index is 458. The number of halogens is 1. The Morgan fingerprint density at radius 2 is 2.10 bits per heavy atom. The molecule has 1 amide bonds. The molecule has 0 atom stereocenters. The van der Waals surface area contributed by atoms with Gasteiger partial charge in [0.05, 0.1) is 11.6 Å². The molecule has 2 N–H and O–H groups in total. The van der Waals surface area contributed by atoms with Gasteiger partial charge in [-0.1, -0.05) is 43.0 Å². The van der Waals surface area contributed by atoms with Crippen molar-refractivity contribution in [1.82, 2.24) is 5.32 Å². The molecule has 0 bridgehead atoms. The molecule has 0 saturated heterocycles. The number of amides is 1. The summed E-state index contributed by atoms with van der Waals surface area (Å²) >= 11 is 6.02. The molecule has 5 heteroatoms. The molecule has 1 fully saturated rings. The average molecular weight is 298 g/mol. The van der Waals surface area contributed by atoms with E-state index in [0.29, 0.717) is 16.3 Å². The van der Waals surface area contributed by atoms with Gasteiger partial charge in [-0.2, -0.15) is 0 Å². The summed E-state index contributed by atoms with van der Waals surface area (Å²) in [4.78, 5) is 11.9. The van der Waals surface area contributed by atoms with Crippen molar-refractivity contribution in [2.45, 2.75) is 44.8 Å². The number of benzene rings is 1. The highest BCUT2D eigenvalue weighted by molar-refractivity contribution is 6.32. The minimum absolute atomic E-state index is 0.0762. The number of rotatable bonds is 5. The van der Waals surface area contributed by atoms with Crippen LogP contribution in [0.3, 0.4) is 0 Å². The number of ether oxygens (including phenoxy) is 1. The maximum atomic E-state index is 11.9. The van der Waals surface area contributed by atoms with Crippen LogP contribution >= 0.6 is 11.6 Å². The summed E-state index contributed by atoms with van der Waals surface area (Å²) in [7, 11) is 0. The van der Waals surface area contributed by atoms with Crippen LogP contribution in [0, 0.1) is 0 Å². The van der Waals surface area contributed by atoms with Crippen LogP contribution in [0.5, 0.6) is 5.75 Å². The first kappa shape index (κ1) is 15.1. The van der Waals surface area contributed by atoms with Gasteiger partial charge in [0.15, 0.2) is 6.61 Å². The molecule has 0 heterocycles. The maximum absolute atomic E-state index is 11.9. The maximum Gasteiger partial charge on any atom is 0.258 e. The number of nitrogens with one attached hydrogen (secondary N) is 1. The van der Waals surface area contributed by atoms with Crippen molar-refractivity contribution < 1.29 is 14.6 Å². The standard InChI is InChI=1S/C15H20ClNO3/c16-13-8-4-5-11(9-18)15(13)20-10-14(19)17-12-6-2-1-3-7-12/h4-5,8,12,18H,1-3,6-7,9-10H2,(H,17,19). The van der Waals surface area contributed by atoms with Crippen LogP contribution in [-0.2, 0) is 11.4 Å². The predicted octanol–water partition coefficient (Wildman–Crippen LogP) is 2.66. The molecule has 1 aliphatic carbocycles. The van der Waals surface area contributed by atoms with Crippen molar-refractivity contribution in [3.8, 4) is 5.75 Å². The third-order valence-electron chi connectivity index (χ3n) is 3.54. The summed E-state index contributed by atoms with van der Waals surface area (Å²) in [6.45, 7) is -0.243. The fourth-order valence-electron chi connectivity index (χ4n) is 2.49. The zero-order valence-electron chi connectivity index (χ0n) is 11.4. The minimum atomic E-state index is -0.167. The van der Waals surface area contributed by atoms with Crippen molar-refractivity contribution in [1.29, 1.82) is 0 Å². The first-order chi connectivity index (χ1) is 9.70. The summed E-state index contributed by atoms with van der Waals surface area (Å²) in [5, 5.41) is 12.6. The molecule has 1 saturated carbocycles. The fourth-order valence-corrected chi connectivity index (χ4v) is 2.74. The molecular weight excluding hydrogens is 278 g/mol. The zero-order valence-corrected chi connectivity index (χ0v) is 12.2. The van der Waals surface area contributed by atoms with Crippen LogP contribution in [0.25, 0.3) is 0 Å². The van der Waals surface area contributed by atoms with Crippen molar-refractivity contribution in [3.63, 3.8) is 0 Å². The van der Waals surface area contributed by atoms with Gasteiger partial charge in [-0.05, 0) is 18.9 Å². The second-order valence-electron chi connectivity index (χ2n) is 5.08. The monoisotopic (exact) mass is 297 g/mol. The van der Waals surface area contributed by atoms with Gasteiger partial charge in [-0.3, -0.25) is 4.79 Å². The van der Waals surface area contributed by atoms with Crippen LogP contribution in [0.2, 0.25) is 5.02 Å². The van der Waals surface area contributed by atoms with E-state index in [9.17, 15) is 9.90 Å². The summed E-state index contributed by atoms with van der Waals surface area (Å²) in [5.41, 5.74) is 0.586. The van der Waals surface area contributed by atoms with E-state index in [1.165, 1.54) is 19.3 Å². The number of hydrogen-bond donors (Lipinski definition) is 2. The van der Waals surface area contributed by atoms with Gasteiger partial charge >= 0.3 is 0 Å². The molecule has 0 aliphatic heterocycles. The van der Waals surface area contributed by atoms with E-state index in [2.05, 4.69) is 5.32 Å². The van der Waals surface area contributed by atoms with E-state index >= 15 is 0 Å². The van der Waals surface area contributed by atoms with Crippen molar-refractivity contribution >= 4 is 17.5 Å². The third-order valence-corrected chi connectivity index (χ3v) is 3.83. The first-order valence-corrected chi connectivity index (χ1v) is 7.39. The molecule has 110 valence electrons. The third kappa shape index (κ3) is 4.12. The van der Waals surface area contributed by atoms with E-state index in [1.807, 2.05) is 0 Å². The zero-order chi connectivity index (χ0) is 14.4. The number of para-hydroxylation sites is 1. The van der Waals surface area contributed by atoms with E-state index in [4.69, 9.17) is 16.3 Å². The Morgan fingerprint density at radius 3 is 2.80 bits per heavy atom. The van der Waals surface area contributed by atoms with Gasteiger partial charge in [0.25, 0.3) is 5.91 Å². The van der Waals surface area contributed by atoms with Crippen LogP contribution in [0.4, 0.5) is 0 Å². The highest BCUT2D eigenvalue weighted by Crippen LogP contribution is 2.28. The number of aliphatic hydroxyl groups is 1. The second kappa shape index (κ2) is 7.50. The van der Waals surface area contributed by atoms with Gasteiger partial charge in [0, 0.05) is 11.6 Å². The molecule has 0 radical (unpaired) electrons. The SMILES string of the molecule is O=C(COc1c(Cl)cccc1CO)NC1CCCCC1. The molecule has 20 heavy (non-hydrogen) atoms. The molecule has 4 nitrogen and oxygen atoms in total. The Kier molecular flexibility index (Phi) is 5.68. The van der Waals surface area contributed by atoms with E-state index in [0.717, 1.165) is 12.8 Å². The molecule has 2 rings (SSSR count). The lowest BCUT2D eigenvalue weighted by Crippen LogP contribution is -2.39. The molecule has 1 aromatic carbocycles. The van der Waals surface area contributed by atoms with Gasteiger partial charge < -0.3 is 15.2 Å². The highest BCUT2D eigenvalue weighted by atomic mass is 35.5. The number of carbonyl (C=O) groups excluding carboxylic acids is 1. The Morgan fingerprint density at radius 1 is 1.35 bits per heavy atom. The summed E-state index contributed by atoms with van der Waals surface area (Å²) < 4.78 is 5.46. The Labute approximate surface area is 124 Å². The Balaban J connectivity index is 1.86. The lowest BCUT2D eigenvalue weighted by atomic mass is 9.95. The van der Waals surface area contributed by atoms with Crippen molar-refractivity contribution in [2.24, 2.45) is 0 Å². The van der Waals surface area contributed by atoms with Gasteiger partial charge in [-0.15, -0.1) is 0 Å². The number of aliphatic hydroxyl groups excluding tert-OH is 1. The predicted molar refractivity (Wildman–Crippen MR) is 77.9 cm³/mol. The van der Waals surface area contributed by atoms with Crippen LogP contribution in [0.15, 0.2) is 18.2 Å². The summed E-state index contributed by atoms with van der Waals surface area (Å²) in [6, 6.07) is 5.40. The molecule has 0 aromatic heterocycles. The Hall–Kier alpha value is -1.26. The normalized spacial score (nSPS) is 15.9. The fraction of sp³-hybridized carbons (Fsp3) is 0.533. The van der Waals surface area contributed by atoms with Crippen LogP contribution in [0.1, 0.15) is 37.7 Å². The van der Waals surface area contributed by atoms with Crippen LogP contribution in [-0.4, -0.2) is 23.7 Å². The van der Waals surface area contributed by atoms with Gasteiger partial charge in [0.1, 0.15) is 5.75 Å². The number of hydrogen-bond acceptors (Lipinski definition) is 3. The average Bonchev–Trinajstić information content (AvgIpc) is 2.46. The van der Waals surface area contributed by atoms with Gasteiger partial charge in [0.2, 0.25) is 0 Å². The largest absolute Gasteiger partial charge is 0.482 e. The van der Waals surface area contributed by atoms with Gasteiger partial charge in [-0.25, -0.2) is 0 Å². The van der Waals surface area contributed by atoms with Crippen molar-refractivity contribution in [2.75, 3.05) is 6.61 Å². The second-order valence-corrected chi connectivity index (χ2v) is 5.48. The molecular formula is C15H20ClNO3. The number of carbonyl (C=O) groups is 1. The lowest BCUT2D eigenvalue weighted by Gasteiger charge is -2.22.